The molecule has 0 aromatic carbocycles. The highest BCUT2D eigenvalue weighted by Gasteiger charge is 2.22. The standard InChI is InChI=1S/C9H21N3O3S/c1-7(2)8(9(10)11)12-16(13,14)6-4-5-15-3/h7-8,12H,4-6H2,1-3H3,(H3,10,11). The SMILES string of the molecule is COCCCS(=O)(=O)NC(C(=N)N)C(C)C. The van der Waals surface area contributed by atoms with Crippen LogP contribution in [0.15, 0.2) is 0 Å². The molecule has 0 fully saturated rings. The first kappa shape index (κ1) is 15.3. The summed E-state index contributed by atoms with van der Waals surface area (Å²) in [4.78, 5) is 0. The van der Waals surface area contributed by atoms with Crippen LogP contribution in [0.4, 0.5) is 0 Å². The van der Waals surface area contributed by atoms with Crippen molar-refractivity contribution in [1.82, 2.24) is 4.72 Å². The molecule has 4 N–H and O–H groups in total. The molecule has 0 amide bonds. The van der Waals surface area contributed by atoms with E-state index >= 15 is 0 Å². The summed E-state index contributed by atoms with van der Waals surface area (Å²) in [5.41, 5.74) is 5.33. The van der Waals surface area contributed by atoms with Crippen LogP contribution in [0.3, 0.4) is 0 Å². The quantitative estimate of drug-likeness (QED) is 0.318. The molecule has 0 bridgehead atoms. The van der Waals surface area contributed by atoms with Crippen molar-refractivity contribution in [2.75, 3.05) is 19.5 Å². The van der Waals surface area contributed by atoms with Gasteiger partial charge in [0.15, 0.2) is 0 Å². The maximum absolute atomic E-state index is 11.6. The van der Waals surface area contributed by atoms with Crippen LogP contribution in [-0.2, 0) is 14.8 Å². The van der Waals surface area contributed by atoms with Crippen LogP contribution in [0.2, 0.25) is 0 Å². The molecular formula is C9H21N3O3S. The molecule has 96 valence electrons. The summed E-state index contributed by atoms with van der Waals surface area (Å²) in [6.07, 6.45) is 0.425. The van der Waals surface area contributed by atoms with Gasteiger partial charge >= 0.3 is 0 Å². The molecule has 0 aromatic heterocycles. The lowest BCUT2D eigenvalue weighted by molar-refractivity contribution is 0.199. The maximum Gasteiger partial charge on any atom is 0.212 e. The predicted molar refractivity (Wildman–Crippen MR) is 64.0 cm³/mol. The molecule has 0 radical (unpaired) electrons. The summed E-state index contributed by atoms with van der Waals surface area (Å²) in [5.74, 6) is -0.225. The highest BCUT2D eigenvalue weighted by molar-refractivity contribution is 7.89. The summed E-state index contributed by atoms with van der Waals surface area (Å²) in [7, 11) is -1.87. The summed E-state index contributed by atoms with van der Waals surface area (Å²) in [6, 6.07) is -0.632. The van der Waals surface area contributed by atoms with Crippen molar-refractivity contribution in [1.29, 1.82) is 5.41 Å². The highest BCUT2D eigenvalue weighted by Crippen LogP contribution is 2.03. The second-order valence-corrected chi connectivity index (χ2v) is 5.83. The second kappa shape index (κ2) is 6.82. The van der Waals surface area contributed by atoms with Gasteiger partial charge in [0, 0.05) is 13.7 Å². The van der Waals surface area contributed by atoms with Gasteiger partial charge in [-0.2, -0.15) is 0 Å². The van der Waals surface area contributed by atoms with Crippen molar-refractivity contribution < 1.29 is 13.2 Å². The van der Waals surface area contributed by atoms with Crippen LogP contribution in [0.25, 0.3) is 0 Å². The normalized spacial score (nSPS) is 14.0. The van der Waals surface area contributed by atoms with Crippen LogP contribution < -0.4 is 10.5 Å². The Labute approximate surface area is 97.1 Å². The zero-order chi connectivity index (χ0) is 12.8. The van der Waals surface area contributed by atoms with Crippen molar-refractivity contribution in [3.63, 3.8) is 0 Å². The zero-order valence-electron chi connectivity index (χ0n) is 9.99. The fraction of sp³-hybridized carbons (Fsp3) is 0.889. The molecule has 7 heteroatoms. The van der Waals surface area contributed by atoms with E-state index < -0.39 is 16.1 Å². The van der Waals surface area contributed by atoms with Gasteiger partial charge in [0.05, 0.1) is 11.8 Å². The van der Waals surface area contributed by atoms with Gasteiger partial charge in [-0.15, -0.1) is 0 Å². The smallest absolute Gasteiger partial charge is 0.212 e. The van der Waals surface area contributed by atoms with Crippen molar-refractivity contribution in [2.24, 2.45) is 11.7 Å². The van der Waals surface area contributed by atoms with Gasteiger partial charge in [0.1, 0.15) is 5.84 Å². The van der Waals surface area contributed by atoms with Crippen molar-refractivity contribution in [3.8, 4) is 0 Å². The lowest BCUT2D eigenvalue weighted by Gasteiger charge is -2.20. The van der Waals surface area contributed by atoms with E-state index in [0.29, 0.717) is 13.0 Å². The molecule has 0 aliphatic rings. The Morgan fingerprint density at radius 1 is 1.50 bits per heavy atom. The highest BCUT2D eigenvalue weighted by atomic mass is 32.2. The number of amidine groups is 1. The molecule has 0 aromatic rings. The molecule has 0 aliphatic carbocycles. The Morgan fingerprint density at radius 3 is 2.44 bits per heavy atom. The molecule has 0 saturated carbocycles. The molecule has 0 rings (SSSR count). The van der Waals surface area contributed by atoms with Crippen LogP contribution in [0, 0.1) is 11.3 Å². The number of rotatable bonds is 8. The van der Waals surface area contributed by atoms with Gasteiger partial charge in [-0.05, 0) is 12.3 Å². The van der Waals surface area contributed by atoms with Crippen LogP contribution >= 0.6 is 0 Å². The van der Waals surface area contributed by atoms with E-state index in [1.807, 2.05) is 13.8 Å². The van der Waals surface area contributed by atoms with Crippen molar-refractivity contribution in [3.05, 3.63) is 0 Å². The first-order valence-electron chi connectivity index (χ1n) is 5.13. The number of ether oxygens (including phenoxy) is 1. The summed E-state index contributed by atoms with van der Waals surface area (Å²) in [6.45, 7) is 4.01. The minimum atomic E-state index is -3.39. The van der Waals surface area contributed by atoms with Gasteiger partial charge in [0.2, 0.25) is 10.0 Å². The Kier molecular flexibility index (Phi) is 6.54. The van der Waals surface area contributed by atoms with E-state index in [4.69, 9.17) is 15.9 Å². The minimum Gasteiger partial charge on any atom is -0.386 e. The van der Waals surface area contributed by atoms with E-state index in [-0.39, 0.29) is 17.5 Å². The number of hydrogen-bond donors (Lipinski definition) is 3. The van der Waals surface area contributed by atoms with Crippen LogP contribution in [-0.4, -0.2) is 39.8 Å². The topological polar surface area (TPSA) is 105 Å². The Morgan fingerprint density at radius 2 is 2.06 bits per heavy atom. The molecule has 0 saturated heterocycles. The van der Waals surface area contributed by atoms with E-state index in [2.05, 4.69) is 4.72 Å². The molecule has 0 spiro atoms. The van der Waals surface area contributed by atoms with Gasteiger partial charge in [0.25, 0.3) is 0 Å². The average Bonchev–Trinajstić information content (AvgIpc) is 2.13. The number of hydrogen-bond acceptors (Lipinski definition) is 4. The van der Waals surface area contributed by atoms with E-state index in [1.165, 1.54) is 7.11 Å². The third-order valence-corrected chi connectivity index (χ3v) is 3.51. The Bertz CT molecular complexity index is 314. The number of nitrogens with one attached hydrogen (secondary N) is 2. The van der Waals surface area contributed by atoms with Gasteiger partial charge in [-0.25, -0.2) is 13.1 Å². The largest absolute Gasteiger partial charge is 0.386 e. The first-order valence-corrected chi connectivity index (χ1v) is 6.78. The van der Waals surface area contributed by atoms with Crippen LogP contribution in [0.1, 0.15) is 20.3 Å². The summed E-state index contributed by atoms with van der Waals surface area (Å²) < 4.78 is 30.4. The Balaban J connectivity index is 4.37. The molecule has 1 atom stereocenters. The summed E-state index contributed by atoms with van der Waals surface area (Å²) >= 11 is 0. The monoisotopic (exact) mass is 251 g/mol. The van der Waals surface area contributed by atoms with E-state index in [9.17, 15) is 8.42 Å². The molecule has 6 nitrogen and oxygen atoms in total. The van der Waals surface area contributed by atoms with Crippen molar-refractivity contribution in [2.45, 2.75) is 26.3 Å². The van der Waals surface area contributed by atoms with Crippen LogP contribution in [0.5, 0.6) is 0 Å². The number of methoxy groups -OCH3 is 1. The average molecular weight is 251 g/mol. The fourth-order valence-corrected chi connectivity index (χ4v) is 2.61. The first-order chi connectivity index (χ1) is 7.30. The van der Waals surface area contributed by atoms with Gasteiger partial charge < -0.3 is 10.5 Å². The molecular weight excluding hydrogens is 230 g/mol. The number of nitrogens with two attached hydrogens (primary N) is 1. The van der Waals surface area contributed by atoms with E-state index in [1.54, 1.807) is 0 Å². The zero-order valence-corrected chi connectivity index (χ0v) is 10.8. The third-order valence-electron chi connectivity index (χ3n) is 2.07. The van der Waals surface area contributed by atoms with Crippen molar-refractivity contribution >= 4 is 15.9 Å². The lowest BCUT2D eigenvalue weighted by Crippen LogP contribution is -2.48. The summed E-state index contributed by atoms with van der Waals surface area (Å²) in [5, 5.41) is 7.30. The Hall–Kier alpha value is -0.660. The maximum atomic E-state index is 11.6. The fourth-order valence-electron chi connectivity index (χ4n) is 1.20. The molecule has 1 unspecified atom stereocenters. The third kappa shape index (κ3) is 6.04. The molecule has 0 aliphatic heterocycles. The molecule has 0 heterocycles. The predicted octanol–water partition coefficient (Wildman–Crippen LogP) is -0.0971. The van der Waals surface area contributed by atoms with Gasteiger partial charge in [-0.1, -0.05) is 13.8 Å². The lowest BCUT2D eigenvalue weighted by atomic mass is 10.1. The molecule has 16 heavy (non-hydrogen) atoms. The van der Waals surface area contributed by atoms with Gasteiger partial charge in [-0.3, -0.25) is 5.41 Å². The number of sulfonamides is 1. The van der Waals surface area contributed by atoms with E-state index in [0.717, 1.165) is 0 Å². The second-order valence-electron chi connectivity index (χ2n) is 3.96. The minimum absolute atomic E-state index is 0.0165.